The molecular weight excluding hydrogens is 238 g/mol. The first-order valence-corrected chi connectivity index (χ1v) is 7.56. The van der Waals surface area contributed by atoms with Crippen LogP contribution in [0.4, 0.5) is 0 Å². The number of hydrogen-bond donors (Lipinski definition) is 1. The van der Waals surface area contributed by atoms with E-state index in [-0.39, 0.29) is 5.03 Å². The van der Waals surface area contributed by atoms with E-state index in [1.54, 1.807) is 11.2 Å². The summed E-state index contributed by atoms with van der Waals surface area (Å²) in [7, 11) is -3.37. The van der Waals surface area contributed by atoms with E-state index in [1.165, 1.54) is 12.6 Å². The van der Waals surface area contributed by atoms with Gasteiger partial charge in [-0.05, 0) is 19.8 Å². The molecule has 1 fully saturated rings. The Labute approximate surface area is 102 Å². The normalized spacial score (nSPS) is 19.8. The molecule has 96 valence electrons. The quantitative estimate of drug-likeness (QED) is 0.876. The van der Waals surface area contributed by atoms with Gasteiger partial charge in [0.2, 0.25) is 0 Å². The van der Waals surface area contributed by atoms with Crippen molar-refractivity contribution in [1.82, 2.24) is 14.3 Å². The summed E-state index contributed by atoms with van der Waals surface area (Å²) < 4.78 is 26.2. The number of aromatic amines is 1. The Morgan fingerprint density at radius 1 is 1.18 bits per heavy atom. The van der Waals surface area contributed by atoms with Crippen molar-refractivity contribution in [2.75, 3.05) is 13.1 Å². The van der Waals surface area contributed by atoms with E-state index in [0.29, 0.717) is 18.9 Å². The van der Waals surface area contributed by atoms with Gasteiger partial charge in [0.05, 0.1) is 6.20 Å². The van der Waals surface area contributed by atoms with Gasteiger partial charge >= 0.3 is 0 Å². The van der Waals surface area contributed by atoms with Gasteiger partial charge in [-0.3, -0.25) is 0 Å². The zero-order valence-electron chi connectivity index (χ0n) is 10.1. The summed E-state index contributed by atoms with van der Waals surface area (Å²) in [4.78, 5) is 6.77. The third-order valence-corrected chi connectivity index (χ3v) is 4.92. The number of hydrogen-bond acceptors (Lipinski definition) is 3. The highest BCUT2D eigenvalue weighted by Gasteiger charge is 2.26. The molecule has 0 aromatic carbocycles. The minimum atomic E-state index is -3.37. The van der Waals surface area contributed by atoms with E-state index in [2.05, 4.69) is 9.97 Å². The second-order valence-corrected chi connectivity index (χ2v) is 6.41. The molecule has 0 radical (unpaired) electrons. The van der Waals surface area contributed by atoms with Crippen LogP contribution in [0.15, 0.2) is 11.2 Å². The van der Waals surface area contributed by atoms with E-state index >= 15 is 0 Å². The highest BCUT2D eigenvalue weighted by molar-refractivity contribution is 7.89. The van der Waals surface area contributed by atoms with Gasteiger partial charge in [-0.25, -0.2) is 13.4 Å². The fourth-order valence-corrected chi connectivity index (χ4v) is 3.61. The smallest absolute Gasteiger partial charge is 0.260 e. The molecule has 0 amide bonds. The third-order valence-electron chi connectivity index (χ3n) is 3.11. The lowest BCUT2D eigenvalue weighted by molar-refractivity contribution is 0.363. The van der Waals surface area contributed by atoms with Gasteiger partial charge in [0, 0.05) is 13.1 Å². The summed E-state index contributed by atoms with van der Waals surface area (Å²) in [5.74, 6) is 0.635. The molecule has 1 aromatic heterocycles. The van der Waals surface area contributed by atoms with Gasteiger partial charge < -0.3 is 4.98 Å². The van der Waals surface area contributed by atoms with Crippen LogP contribution in [0.3, 0.4) is 0 Å². The fraction of sp³-hybridized carbons (Fsp3) is 0.727. The molecule has 1 aromatic rings. The molecule has 5 nitrogen and oxygen atoms in total. The highest BCUT2D eigenvalue weighted by atomic mass is 32.2. The van der Waals surface area contributed by atoms with Crippen molar-refractivity contribution < 1.29 is 8.42 Å². The van der Waals surface area contributed by atoms with Gasteiger partial charge in [0.25, 0.3) is 10.0 Å². The van der Waals surface area contributed by atoms with Crippen molar-refractivity contribution in [1.29, 1.82) is 0 Å². The van der Waals surface area contributed by atoms with Gasteiger partial charge in [-0.2, -0.15) is 4.31 Å². The molecule has 1 saturated heterocycles. The maximum absolute atomic E-state index is 12.3. The lowest BCUT2D eigenvalue weighted by Crippen LogP contribution is -2.34. The van der Waals surface area contributed by atoms with Crippen molar-refractivity contribution in [3.8, 4) is 0 Å². The Morgan fingerprint density at radius 2 is 1.76 bits per heavy atom. The van der Waals surface area contributed by atoms with Crippen LogP contribution < -0.4 is 0 Å². The first kappa shape index (κ1) is 12.6. The van der Waals surface area contributed by atoms with Crippen LogP contribution in [0.25, 0.3) is 0 Å². The molecule has 2 heterocycles. The van der Waals surface area contributed by atoms with Gasteiger partial charge in [0.15, 0.2) is 5.03 Å². The van der Waals surface area contributed by atoms with Crippen molar-refractivity contribution in [3.05, 3.63) is 12.0 Å². The zero-order valence-corrected chi connectivity index (χ0v) is 11.0. The number of nitrogens with zero attached hydrogens (tertiary/aromatic N) is 2. The van der Waals surface area contributed by atoms with Gasteiger partial charge in [0.1, 0.15) is 5.82 Å². The maximum Gasteiger partial charge on any atom is 0.260 e. The first-order valence-electron chi connectivity index (χ1n) is 6.12. The molecule has 1 aliphatic heterocycles. The summed E-state index contributed by atoms with van der Waals surface area (Å²) >= 11 is 0. The van der Waals surface area contributed by atoms with E-state index < -0.39 is 10.0 Å². The molecule has 0 bridgehead atoms. The van der Waals surface area contributed by atoms with E-state index in [1.807, 2.05) is 0 Å². The number of aromatic nitrogens is 2. The van der Waals surface area contributed by atoms with Crippen LogP contribution in [0.1, 0.15) is 37.9 Å². The largest absolute Gasteiger partial charge is 0.332 e. The number of imidazole rings is 1. The lowest BCUT2D eigenvalue weighted by atomic mass is 10.1. The molecule has 6 heteroatoms. The summed E-state index contributed by atoms with van der Waals surface area (Å²) in [5, 5.41) is 0.218. The summed E-state index contributed by atoms with van der Waals surface area (Å²) in [6.45, 7) is 3.01. The predicted octanol–water partition coefficient (Wildman–Crippen LogP) is 1.67. The molecule has 0 saturated carbocycles. The van der Waals surface area contributed by atoms with Crippen molar-refractivity contribution >= 4 is 10.0 Å². The number of H-pyrrole nitrogens is 1. The standard InChI is InChI=1S/C11H19N3O2S/c1-10-12-9-11(13-10)17(15,16)14-7-5-3-2-4-6-8-14/h9H,2-8H2,1H3,(H,12,13). The van der Waals surface area contributed by atoms with Crippen LogP contribution in [0, 0.1) is 6.92 Å². The van der Waals surface area contributed by atoms with Gasteiger partial charge in [-0.1, -0.05) is 19.3 Å². The summed E-state index contributed by atoms with van der Waals surface area (Å²) in [5.41, 5.74) is 0. The first-order chi connectivity index (χ1) is 8.10. The SMILES string of the molecule is Cc1ncc(S(=O)(=O)N2CCCCCCC2)[nH]1. The fourth-order valence-electron chi connectivity index (χ4n) is 2.13. The Morgan fingerprint density at radius 3 is 2.29 bits per heavy atom. The zero-order chi connectivity index (χ0) is 12.3. The van der Waals surface area contributed by atoms with Crippen LogP contribution in [-0.4, -0.2) is 35.8 Å². The molecular formula is C11H19N3O2S. The molecule has 0 spiro atoms. The summed E-state index contributed by atoms with van der Waals surface area (Å²) in [6.07, 6.45) is 6.77. The molecule has 17 heavy (non-hydrogen) atoms. The predicted molar refractivity (Wildman–Crippen MR) is 65.2 cm³/mol. The molecule has 0 atom stereocenters. The lowest BCUT2D eigenvalue weighted by Gasteiger charge is -2.23. The maximum atomic E-state index is 12.3. The van der Waals surface area contributed by atoms with Crippen LogP contribution >= 0.6 is 0 Å². The molecule has 2 rings (SSSR count). The van der Waals surface area contributed by atoms with Crippen LogP contribution in [0.2, 0.25) is 0 Å². The summed E-state index contributed by atoms with van der Waals surface area (Å²) in [6, 6.07) is 0. The van der Waals surface area contributed by atoms with Crippen LogP contribution in [0.5, 0.6) is 0 Å². The average molecular weight is 257 g/mol. The Kier molecular flexibility index (Phi) is 3.83. The number of rotatable bonds is 2. The van der Waals surface area contributed by atoms with E-state index in [0.717, 1.165) is 25.7 Å². The topological polar surface area (TPSA) is 66.1 Å². The molecule has 0 aliphatic carbocycles. The Bertz CT molecular complexity index is 459. The number of sulfonamides is 1. The van der Waals surface area contributed by atoms with Crippen molar-refractivity contribution in [3.63, 3.8) is 0 Å². The Balaban J connectivity index is 2.18. The van der Waals surface area contributed by atoms with E-state index in [4.69, 9.17) is 0 Å². The van der Waals surface area contributed by atoms with Crippen molar-refractivity contribution in [2.24, 2.45) is 0 Å². The number of nitrogens with one attached hydrogen (secondary N) is 1. The highest BCUT2D eigenvalue weighted by Crippen LogP contribution is 2.18. The van der Waals surface area contributed by atoms with Crippen molar-refractivity contribution in [2.45, 2.75) is 44.1 Å². The van der Waals surface area contributed by atoms with Gasteiger partial charge in [-0.15, -0.1) is 0 Å². The number of aryl methyl sites for hydroxylation is 1. The van der Waals surface area contributed by atoms with Crippen LogP contribution in [-0.2, 0) is 10.0 Å². The average Bonchev–Trinajstić information content (AvgIpc) is 2.64. The minimum absolute atomic E-state index is 0.218. The second kappa shape index (κ2) is 5.18. The Hall–Kier alpha value is -0.880. The minimum Gasteiger partial charge on any atom is -0.332 e. The monoisotopic (exact) mass is 257 g/mol. The molecule has 1 N–H and O–H groups in total. The molecule has 1 aliphatic rings. The van der Waals surface area contributed by atoms with E-state index in [9.17, 15) is 8.42 Å². The molecule has 0 unspecified atom stereocenters. The second-order valence-electron chi connectivity index (χ2n) is 4.50. The third kappa shape index (κ3) is 2.87.